The van der Waals surface area contributed by atoms with Crippen molar-refractivity contribution in [3.05, 3.63) is 35.4 Å². The maximum atomic E-state index is 12.4. The maximum absolute atomic E-state index is 12.4. The van der Waals surface area contributed by atoms with Gasteiger partial charge in [-0.25, -0.2) is 0 Å². The minimum Gasteiger partial charge on any atom is -0.481 e. The number of amides is 1. The van der Waals surface area contributed by atoms with Gasteiger partial charge >= 0.3 is 5.97 Å². The number of rotatable bonds is 5. The number of hydrogen-bond acceptors (Lipinski definition) is 3. The van der Waals surface area contributed by atoms with Gasteiger partial charge in [-0.05, 0) is 30.4 Å². The first-order valence-corrected chi connectivity index (χ1v) is 9.35. The summed E-state index contributed by atoms with van der Waals surface area (Å²) in [5, 5.41) is 9.95. The predicted molar refractivity (Wildman–Crippen MR) is 94.0 cm³/mol. The number of aliphatic carboxylic acids is 1. The number of nitrogens with zero attached hydrogens (tertiary/aromatic N) is 2. The molecule has 1 aliphatic carbocycles. The molecule has 4 rings (SSSR count). The van der Waals surface area contributed by atoms with Crippen molar-refractivity contribution in [1.82, 2.24) is 9.80 Å². The van der Waals surface area contributed by atoms with Crippen LogP contribution >= 0.6 is 0 Å². The molecule has 1 aromatic carbocycles. The molecule has 0 bridgehead atoms. The lowest BCUT2D eigenvalue weighted by Crippen LogP contribution is -2.42. The molecule has 134 valence electrons. The zero-order valence-corrected chi connectivity index (χ0v) is 14.8. The van der Waals surface area contributed by atoms with Crippen LogP contribution in [0, 0.1) is 17.3 Å². The summed E-state index contributed by atoms with van der Waals surface area (Å²) in [5.74, 6) is -0.355. The number of carboxylic acids is 1. The third kappa shape index (κ3) is 2.84. The molecule has 3 fully saturated rings. The van der Waals surface area contributed by atoms with Crippen molar-refractivity contribution in [2.75, 3.05) is 26.2 Å². The molecule has 2 aliphatic heterocycles. The lowest BCUT2D eigenvalue weighted by Gasteiger charge is -2.26. The third-order valence-electron chi connectivity index (χ3n) is 6.24. The molecule has 5 heteroatoms. The van der Waals surface area contributed by atoms with E-state index < -0.39 is 11.4 Å². The van der Waals surface area contributed by atoms with Crippen LogP contribution in [0.25, 0.3) is 0 Å². The highest BCUT2D eigenvalue weighted by Gasteiger charge is 2.59. The Morgan fingerprint density at radius 1 is 1.16 bits per heavy atom. The standard InChI is InChI=1S/C20H26N2O3/c1-2-14-5-3-4-6-16(14)9-21-10-17-11-22(18(23)15-7-8-15)13-20(17,12-21)19(24)25/h3-6,15,17H,2,7-13H2,1H3,(H,24,25)/t17-,20-/m1/s1. The van der Waals surface area contributed by atoms with E-state index in [-0.39, 0.29) is 17.7 Å². The fraction of sp³-hybridized carbons (Fsp3) is 0.600. The summed E-state index contributed by atoms with van der Waals surface area (Å²) in [7, 11) is 0. The highest BCUT2D eigenvalue weighted by Crippen LogP contribution is 2.45. The van der Waals surface area contributed by atoms with Gasteiger partial charge in [-0.2, -0.15) is 0 Å². The zero-order chi connectivity index (χ0) is 17.6. The first-order valence-electron chi connectivity index (χ1n) is 9.35. The van der Waals surface area contributed by atoms with Gasteiger partial charge in [-0.1, -0.05) is 31.2 Å². The maximum Gasteiger partial charge on any atom is 0.313 e. The van der Waals surface area contributed by atoms with Crippen LogP contribution in [0.3, 0.4) is 0 Å². The molecular formula is C20H26N2O3. The second-order valence-electron chi connectivity index (χ2n) is 7.94. The number of likely N-dealkylation sites (tertiary alicyclic amines) is 2. The molecule has 0 aromatic heterocycles. The quantitative estimate of drug-likeness (QED) is 0.889. The van der Waals surface area contributed by atoms with Gasteiger partial charge < -0.3 is 10.0 Å². The second-order valence-corrected chi connectivity index (χ2v) is 7.94. The van der Waals surface area contributed by atoms with E-state index in [1.807, 2.05) is 11.0 Å². The van der Waals surface area contributed by atoms with Crippen LogP contribution in [0.5, 0.6) is 0 Å². The van der Waals surface area contributed by atoms with E-state index in [0.29, 0.717) is 19.6 Å². The molecule has 0 unspecified atom stereocenters. The van der Waals surface area contributed by atoms with E-state index in [1.165, 1.54) is 11.1 Å². The molecule has 2 saturated heterocycles. The number of aryl methyl sites for hydroxylation is 1. The first-order chi connectivity index (χ1) is 12.0. The van der Waals surface area contributed by atoms with Gasteiger partial charge in [0.25, 0.3) is 0 Å². The SMILES string of the molecule is CCc1ccccc1CN1C[C@@H]2CN(C(=O)C3CC3)C[C@]2(C(=O)O)C1. The van der Waals surface area contributed by atoms with Gasteiger partial charge in [0.1, 0.15) is 5.41 Å². The molecule has 2 heterocycles. The van der Waals surface area contributed by atoms with Gasteiger partial charge in [0.05, 0.1) is 0 Å². The van der Waals surface area contributed by atoms with Crippen LogP contribution in [-0.2, 0) is 22.6 Å². The largest absolute Gasteiger partial charge is 0.481 e. The molecule has 1 N–H and O–H groups in total. The molecule has 1 amide bonds. The Morgan fingerprint density at radius 2 is 1.88 bits per heavy atom. The van der Waals surface area contributed by atoms with Crippen LogP contribution in [-0.4, -0.2) is 53.0 Å². The van der Waals surface area contributed by atoms with Crippen molar-refractivity contribution < 1.29 is 14.7 Å². The molecule has 0 spiro atoms. The Hall–Kier alpha value is -1.88. The Labute approximate surface area is 148 Å². The van der Waals surface area contributed by atoms with E-state index in [0.717, 1.165) is 32.4 Å². The van der Waals surface area contributed by atoms with Gasteiger partial charge in [0, 0.05) is 44.6 Å². The van der Waals surface area contributed by atoms with Crippen molar-refractivity contribution in [2.45, 2.75) is 32.7 Å². The minimum atomic E-state index is -0.786. The molecule has 25 heavy (non-hydrogen) atoms. The normalized spacial score (nSPS) is 29.0. The molecule has 1 saturated carbocycles. The molecule has 1 aromatic rings. The number of carboxylic acid groups (broad SMARTS) is 1. The Morgan fingerprint density at radius 3 is 2.48 bits per heavy atom. The Balaban J connectivity index is 1.49. The number of benzene rings is 1. The molecular weight excluding hydrogens is 316 g/mol. The van der Waals surface area contributed by atoms with Crippen LogP contribution in [0.4, 0.5) is 0 Å². The zero-order valence-electron chi connectivity index (χ0n) is 14.8. The molecule has 0 radical (unpaired) electrons. The summed E-state index contributed by atoms with van der Waals surface area (Å²) in [6.07, 6.45) is 2.93. The van der Waals surface area contributed by atoms with Crippen molar-refractivity contribution in [3.8, 4) is 0 Å². The fourth-order valence-corrected chi connectivity index (χ4v) is 4.65. The Kier molecular flexibility index (Phi) is 4.07. The second kappa shape index (κ2) is 6.13. The summed E-state index contributed by atoms with van der Waals surface area (Å²) < 4.78 is 0. The van der Waals surface area contributed by atoms with Gasteiger partial charge in [0.2, 0.25) is 5.91 Å². The molecule has 5 nitrogen and oxygen atoms in total. The van der Waals surface area contributed by atoms with Gasteiger partial charge in [-0.15, -0.1) is 0 Å². The summed E-state index contributed by atoms with van der Waals surface area (Å²) in [4.78, 5) is 28.6. The first kappa shape index (κ1) is 16.6. The summed E-state index contributed by atoms with van der Waals surface area (Å²) in [6, 6.07) is 8.40. The van der Waals surface area contributed by atoms with E-state index in [2.05, 4.69) is 30.0 Å². The summed E-state index contributed by atoms with van der Waals surface area (Å²) in [5.41, 5.74) is 1.83. The van der Waals surface area contributed by atoms with E-state index in [9.17, 15) is 14.7 Å². The van der Waals surface area contributed by atoms with Crippen molar-refractivity contribution in [1.29, 1.82) is 0 Å². The molecule has 3 aliphatic rings. The predicted octanol–water partition coefficient (Wildman–Crippen LogP) is 2.00. The van der Waals surface area contributed by atoms with Crippen molar-refractivity contribution in [3.63, 3.8) is 0 Å². The topological polar surface area (TPSA) is 60.9 Å². The number of carbonyl (C=O) groups is 2. The van der Waals surface area contributed by atoms with Crippen LogP contribution in [0.15, 0.2) is 24.3 Å². The highest BCUT2D eigenvalue weighted by atomic mass is 16.4. The summed E-state index contributed by atoms with van der Waals surface area (Å²) >= 11 is 0. The lowest BCUT2D eigenvalue weighted by molar-refractivity contribution is -0.149. The van der Waals surface area contributed by atoms with Gasteiger partial charge in [0.15, 0.2) is 0 Å². The highest BCUT2D eigenvalue weighted by molar-refractivity contribution is 5.84. The van der Waals surface area contributed by atoms with E-state index >= 15 is 0 Å². The summed E-state index contributed by atoms with van der Waals surface area (Å²) in [6.45, 7) is 5.24. The number of carbonyl (C=O) groups excluding carboxylic acids is 1. The minimum absolute atomic E-state index is 0.0430. The van der Waals surface area contributed by atoms with E-state index in [4.69, 9.17) is 0 Å². The Bertz CT molecular complexity index is 700. The van der Waals surface area contributed by atoms with Crippen LogP contribution < -0.4 is 0 Å². The van der Waals surface area contributed by atoms with E-state index in [1.54, 1.807) is 0 Å². The molecule has 2 atom stereocenters. The number of fused-ring (bicyclic) bond motifs is 1. The average molecular weight is 342 g/mol. The third-order valence-corrected chi connectivity index (χ3v) is 6.24. The van der Waals surface area contributed by atoms with Crippen molar-refractivity contribution in [2.24, 2.45) is 17.3 Å². The average Bonchev–Trinajstić information content (AvgIpc) is 3.29. The van der Waals surface area contributed by atoms with Crippen LogP contribution in [0.1, 0.15) is 30.9 Å². The fourth-order valence-electron chi connectivity index (χ4n) is 4.65. The van der Waals surface area contributed by atoms with Crippen LogP contribution in [0.2, 0.25) is 0 Å². The smallest absolute Gasteiger partial charge is 0.313 e. The lowest BCUT2D eigenvalue weighted by atomic mass is 9.81. The van der Waals surface area contributed by atoms with Gasteiger partial charge in [-0.3, -0.25) is 14.5 Å². The monoisotopic (exact) mass is 342 g/mol. The van der Waals surface area contributed by atoms with Crippen molar-refractivity contribution >= 4 is 11.9 Å². The number of hydrogen-bond donors (Lipinski definition) is 1.